The van der Waals surface area contributed by atoms with Gasteiger partial charge in [0.05, 0.1) is 0 Å². The molecule has 2 nitrogen and oxygen atoms in total. The quantitative estimate of drug-likeness (QED) is 0.797. The number of hydrogen-bond acceptors (Lipinski definition) is 2. The summed E-state index contributed by atoms with van der Waals surface area (Å²) in [4.78, 5) is 3.97. The average molecular weight is 221 g/mol. The Morgan fingerprint density at radius 2 is 2.23 bits per heavy atom. The Kier molecular flexibility index (Phi) is 6.04. The van der Waals surface area contributed by atoms with Crippen molar-refractivity contribution < 1.29 is 0 Å². The molecule has 74 valence electrons. The van der Waals surface area contributed by atoms with Crippen LogP contribution in [0.2, 0.25) is 5.15 Å². The molecule has 1 rings (SSSR count). The van der Waals surface area contributed by atoms with Crippen LogP contribution >= 0.6 is 24.0 Å². The summed E-state index contributed by atoms with van der Waals surface area (Å²) in [7, 11) is 0. The van der Waals surface area contributed by atoms with E-state index in [0.717, 1.165) is 18.4 Å². The van der Waals surface area contributed by atoms with Gasteiger partial charge in [0, 0.05) is 12.2 Å². The lowest BCUT2D eigenvalue weighted by Crippen LogP contribution is -2.09. The second kappa shape index (κ2) is 6.19. The Balaban J connectivity index is 0.00000144. The smallest absolute Gasteiger partial charge is 0.129 e. The van der Waals surface area contributed by atoms with Crippen LogP contribution in [0.25, 0.3) is 0 Å². The maximum atomic E-state index is 5.87. The van der Waals surface area contributed by atoms with Crippen LogP contribution in [0.15, 0.2) is 18.3 Å². The van der Waals surface area contributed by atoms with Crippen LogP contribution in [-0.2, 0) is 0 Å². The zero-order valence-electron chi connectivity index (χ0n) is 7.53. The fraction of sp³-hybridized carbons (Fsp3) is 0.444. The van der Waals surface area contributed by atoms with Crippen LogP contribution < -0.4 is 5.73 Å². The molecule has 0 aliphatic heterocycles. The monoisotopic (exact) mass is 220 g/mol. The van der Waals surface area contributed by atoms with E-state index in [0.29, 0.717) is 5.15 Å². The van der Waals surface area contributed by atoms with Gasteiger partial charge in [-0.05, 0) is 18.1 Å². The lowest BCUT2D eigenvalue weighted by Gasteiger charge is -2.09. The van der Waals surface area contributed by atoms with E-state index in [2.05, 4.69) is 11.9 Å². The number of nitrogens with zero attached hydrogens (tertiary/aromatic N) is 1. The lowest BCUT2D eigenvalue weighted by atomic mass is 10.1. The summed E-state index contributed by atoms with van der Waals surface area (Å²) in [5.41, 5.74) is 6.93. The molecule has 1 aromatic heterocycles. The molecule has 13 heavy (non-hydrogen) atoms. The van der Waals surface area contributed by atoms with Crippen molar-refractivity contribution in [2.45, 2.75) is 25.8 Å². The molecule has 0 bridgehead atoms. The highest BCUT2D eigenvalue weighted by molar-refractivity contribution is 6.29. The maximum Gasteiger partial charge on any atom is 0.129 e. The molecular formula is C9H14Cl2N2. The zero-order chi connectivity index (χ0) is 8.97. The van der Waals surface area contributed by atoms with E-state index >= 15 is 0 Å². The van der Waals surface area contributed by atoms with E-state index < -0.39 is 0 Å². The minimum absolute atomic E-state index is 0. The molecule has 1 heterocycles. The second-order valence-corrected chi connectivity index (χ2v) is 3.20. The van der Waals surface area contributed by atoms with Gasteiger partial charge in [0.1, 0.15) is 5.15 Å². The van der Waals surface area contributed by atoms with Crippen molar-refractivity contribution in [3.63, 3.8) is 0 Å². The third-order valence-electron chi connectivity index (χ3n) is 1.78. The molecule has 0 aromatic carbocycles. The van der Waals surface area contributed by atoms with Gasteiger partial charge in [-0.3, -0.25) is 0 Å². The van der Waals surface area contributed by atoms with Crippen LogP contribution in [0.1, 0.15) is 31.4 Å². The first-order valence-corrected chi connectivity index (χ1v) is 4.49. The molecule has 1 aromatic rings. The Morgan fingerprint density at radius 3 is 2.69 bits per heavy atom. The van der Waals surface area contributed by atoms with Crippen molar-refractivity contribution in [1.82, 2.24) is 4.98 Å². The minimum Gasteiger partial charge on any atom is -0.324 e. The van der Waals surface area contributed by atoms with Gasteiger partial charge in [-0.15, -0.1) is 12.4 Å². The van der Waals surface area contributed by atoms with E-state index in [4.69, 9.17) is 17.3 Å². The first-order valence-electron chi connectivity index (χ1n) is 4.11. The molecule has 1 atom stereocenters. The molecule has 2 N–H and O–H groups in total. The van der Waals surface area contributed by atoms with E-state index in [1.807, 2.05) is 6.07 Å². The molecule has 0 radical (unpaired) electrons. The summed E-state index contributed by atoms with van der Waals surface area (Å²) in [6, 6.07) is 3.79. The fourth-order valence-electron chi connectivity index (χ4n) is 1.08. The van der Waals surface area contributed by atoms with Crippen molar-refractivity contribution in [1.29, 1.82) is 0 Å². The van der Waals surface area contributed by atoms with Gasteiger partial charge in [0.25, 0.3) is 0 Å². The third-order valence-corrected chi connectivity index (χ3v) is 2.00. The summed E-state index contributed by atoms with van der Waals surface area (Å²) in [6.07, 6.45) is 3.82. The molecular weight excluding hydrogens is 207 g/mol. The first kappa shape index (κ1) is 12.7. The summed E-state index contributed by atoms with van der Waals surface area (Å²) in [6.45, 7) is 2.11. The standard InChI is InChI=1S/C9H13ClN2.ClH/c1-2-3-8(11)7-4-5-9(10)12-6-7;/h4-6,8H,2-3,11H2,1H3;1H/t8-;/m1./s1. The van der Waals surface area contributed by atoms with Gasteiger partial charge < -0.3 is 5.73 Å². The van der Waals surface area contributed by atoms with Gasteiger partial charge in [-0.1, -0.05) is 31.0 Å². The number of pyridine rings is 1. The third kappa shape index (κ3) is 3.94. The highest BCUT2D eigenvalue weighted by Gasteiger charge is 2.03. The molecule has 0 unspecified atom stereocenters. The maximum absolute atomic E-state index is 5.87. The molecule has 4 heteroatoms. The predicted molar refractivity (Wildman–Crippen MR) is 58.3 cm³/mol. The summed E-state index contributed by atoms with van der Waals surface area (Å²) in [5.74, 6) is 0. The van der Waals surface area contributed by atoms with E-state index in [1.54, 1.807) is 12.3 Å². The Bertz CT molecular complexity index is 236. The second-order valence-electron chi connectivity index (χ2n) is 2.81. The van der Waals surface area contributed by atoms with Crippen molar-refractivity contribution in [3.8, 4) is 0 Å². The van der Waals surface area contributed by atoms with Gasteiger partial charge in [-0.25, -0.2) is 4.98 Å². The summed E-state index contributed by atoms with van der Waals surface area (Å²) < 4.78 is 0. The van der Waals surface area contributed by atoms with Crippen LogP contribution in [0.4, 0.5) is 0 Å². The van der Waals surface area contributed by atoms with Crippen molar-refractivity contribution >= 4 is 24.0 Å². The van der Waals surface area contributed by atoms with Crippen LogP contribution in [0.5, 0.6) is 0 Å². The highest BCUT2D eigenvalue weighted by Crippen LogP contribution is 2.15. The molecule has 0 aliphatic carbocycles. The molecule has 0 saturated carbocycles. The number of nitrogens with two attached hydrogens (primary N) is 1. The largest absolute Gasteiger partial charge is 0.324 e. The molecule has 0 amide bonds. The van der Waals surface area contributed by atoms with Gasteiger partial charge >= 0.3 is 0 Å². The number of rotatable bonds is 3. The predicted octanol–water partition coefficient (Wildman–Crippen LogP) is 2.96. The summed E-state index contributed by atoms with van der Waals surface area (Å²) in [5, 5.41) is 0.516. The van der Waals surface area contributed by atoms with Crippen molar-refractivity contribution in [3.05, 3.63) is 29.0 Å². The number of aromatic nitrogens is 1. The molecule has 0 aliphatic rings. The Hall–Kier alpha value is -0.310. The Morgan fingerprint density at radius 1 is 1.54 bits per heavy atom. The molecule has 0 fully saturated rings. The number of hydrogen-bond donors (Lipinski definition) is 1. The van der Waals surface area contributed by atoms with Crippen LogP contribution in [0, 0.1) is 0 Å². The summed E-state index contributed by atoms with van der Waals surface area (Å²) >= 11 is 5.64. The van der Waals surface area contributed by atoms with Gasteiger partial charge in [0.15, 0.2) is 0 Å². The van der Waals surface area contributed by atoms with E-state index in [9.17, 15) is 0 Å². The van der Waals surface area contributed by atoms with Crippen molar-refractivity contribution in [2.24, 2.45) is 5.73 Å². The Labute approximate surface area is 89.9 Å². The van der Waals surface area contributed by atoms with Crippen LogP contribution in [0.3, 0.4) is 0 Å². The number of halogens is 2. The topological polar surface area (TPSA) is 38.9 Å². The first-order chi connectivity index (χ1) is 5.74. The zero-order valence-corrected chi connectivity index (χ0v) is 9.11. The minimum atomic E-state index is 0. The van der Waals surface area contributed by atoms with Gasteiger partial charge in [-0.2, -0.15) is 0 Å². The van der Waals surface area contributed by atoms with Gasteiger partial charge in [0.2, 0.25) is 0 Å². The lowest BCUT2D eigenvalue weighted by molar-refractivity contribution is 0.636. The highest BCUT2D eigenvalue weighted by atomic mass is 35.5. The van der Waals surface area contributed by atoms with Crippen LogP contribution in [-0.4, -0.2) is 4.98 Å². The SMILES string of the molecule is CCC[C@@H](N)c1ccc(Cl)nc1.Cl. The molecule has 0 saturated heterocycles. The average Bonchev–Trinajstić information content (AvgIpc) is 2.06. The van der Waals surface area contributed by atoms with Crippen molar-refractivity contribution in [2.75, 3.05) is 0 Å². The fourth-order valence-corrected chi connectivity index (χ4v) is 1.20. The van der Waals surface area contributed by atoms with E-state index in [-0.39, 0.29) is 18.4 Å². The normalized spacial score (nSPS) is 11.9. The van der Waals surface area contributed by atoms with E-state index in [1.165, 1.54) is 0 Å². The molecule has 0 spiro atoms.